The van der Waals surface area contributed by atoms with Crippen molar-refractivity contribution in [3.05, 3.63) is 101 Å². The van der Waals surface area contributed by atoms with Gasteiger partial charge in [0.25, 0.3) is 11.8 Å². The van der Waals surface area contributed by atoms with Gasteiger partial charge in [-0.1, -0.05) is 36.4 Å². The molecule has 0 fully saturated rings. The molecule has 0 bridgehead atoms. The van der Waals surface area contributed by atoms with E-state index >= 15 is 0 Å². The average Bonchev–Trinajstić information content (AvgIpc) is 3.12. The zero-order valence-electron chi connectivity index (χ0n) is 19.1. The van der Waals surface area contributed by atoms with E-state index in [-0.39, 0.29) is 23.8 Å². The molecular formula is C27H28FN3O3. The number of nitrogens with zero attached hydrogens (tertiary/aromatic N) is 1. The molecule has 0 aromatic heterocycles. The Morgan fingerprint density at radius 2 is 1.85 bits per heavy atom. The monoisotopic (exact) mass is 461 g/mol. The Hall–Kier alpha value is -3.71. The van der Waals surface area contributed by atoms with E-state index in [1.54, 1.807) is 30.3 Å². The van der Waals surface area contributed by atoms with Crippen LogP contribution in [-0.4, -0.2) is 36.5 Å². The molecule has 1 atom stereocenters. The first-order valence-electron chi connectivity index (χ1n) is 11.4. The number of amides is 2. The van der Waals surface area contributed by atoms with Gasteiger partial charge < -0.3 is 20.3 Å². The van der Waals surface area contributed by atoms with Gasteiger partial charge in [-0.2, -0.15) is 0 Å². The summed E-state index contributed by atoms with van der Waals surface area (Å²) in [5, 5.41) is 6.30. The maximum atomic E-state index is 13.1. The predicted molar refractivity (Wildman–Crippen MR) is 129 cm³/mol. The van der Waals surface area contributed by atoms with Crippen molar-refractivity contribution in [2.45, 2.75) is 26.1 Å². The molecule has 1 unspecified atom stereocenters. The molecule has 0 spiro atoms. The van der Waals surface area contributed by atoms with Gasteiger partial charge in [0.15, 0.2) is 0 Å². The Balaban J connectivity index is 1.47. The first-order chi connectivity index (χ1) is 16.6. The molecule has 0 saturated heterocycles. The summed E-state index contributed by atoms with van der Waals surface area (Å²) in [6, 6.07) is 20.8. The number of halogens is 1. The normalized spacial score (nSPS) is 14.7. The highest BCUT2D eigenvalue weighted by Crippen LogP contribution is 2.34. The standard InChI is InChI=1S/C27H28FN3O3/c1-2-34-16-6-15-31-25(23-9-3-4-10-24(23)27(31)33)30-22-8-5-7-20(17-22)26(32)29-18-19-11-13-21(28)14-12-19/h3-5,7-14,17,25,30H,2,6,15-16,18H2,1H3,(H,29,32). The molecule has 2 N–H and O–H groups in total. The summed E-state index contributed by atoms with van der Waals surface area (Å²) in [4.78, 5) is 27.5. The molecule has 0 aliphatic carbocycles. The van der Waals surface area contributed by atoms with Crippen LogP contribution >= 0.6 is 0 Å². The second-order valence-corrected chi connectivity index (χ2v) is 8.07. The number of nitrogens with one attached hydrogen (secondary N) is 2. The van der Waals surface area contributed by atoms with Crippen LogP contribution in [0.5, 0.6) is 0 Å². The maximum absolute atomic E-state index is 13.1. The van der Waals surface area contributed by atoms with E-state index in [1.807, 2.05) is 42.2 Å². The van der Waals surface area contributed by atoms with Gasteiger partial charge in [-0.15, -0.1) is 0 Å². The topological polar surface area (TPSA) is 70.7 Å². The summed E-state index contributed by atoms with van der Waals surface area (Å²) in [7, 11) is 0. The van der Waals surface area contributed by atoms with Crippen molar-refractivity contribution < 1.29 is 18.7 Å². The summed E-state index contributed by atoms with van der Waals surface area (Å²) in [6.07, 6.45) is 0.403. The summed E-state index contributed by atoms with van der Waals surface area (Å²) in [5.74, 6) is -0.560. The molecular weight excluding hydrogens is 433 g/mol. The van der Waals surface area contributed by atoms with Gasteiger partial charge in [0.05, 0.1) is 0 Å². The van der Waals surface area contributed by atoms with Crippen LogP contribution in [-0.2, 0) is 11.3 Å². The number of hydrogen-bond donors (Lipinski definition) is 2. The third kappa shape index (κ3) is 5.43. The molecule has 3 aromatic carbocycles. The first kappa shape index (κ1) is 23.4. The van der Waals surface area contributed by atoms with Crippen molar-refractivity contribution in [2.75, 3.05) is 25.1 Å². The second kappa shape index (κ2) is 10.9. The van der Waals surface area contributed by atoms with E-state index in [1.165, 1.54) is 12.1 Å². The first-order valence-corrected chi connectivity index (χ1v) is 11.4. The van der Waals surface area contributed by atoms with E-state index in [0.29, 0.717) is 37.4 Å². The number of benzene rings is 3. The van der Waals surface area contributed by atoms with E-state index in [9.17, 15) is 14.0 Å². The van der Waals surface area contributed by atoms with Gasteiger partial charge in [-0.05, 0) is 55.3 Å². The number of hydrogen-bond acceptors (Lipinski definition) is 4. The summed E-state index contributed by atoms with van der Waals surface area (Å²) < 4.78 is 18.5. The minimum absolute atomic E-state index is 0.0159. The van der Waals surface area contributed by atoms with E-state index in [4.69, 9.17) is 4.74 Å². The van der Waals surface area contributed by atoms with Gasteiger partial charge in [0.1, 0.15) is 12.0 Å². The highest BCUT2D eigenvalue weighted by Gasteiger charge is 2.36. The quantitative estimate of drug-likeness (QED) is 0.428. The number of carbonyl (C=O) groups excluding carboxylic acids is 2. The molecule has 0 saturated carbocycles. The minimum Gasteiger partial charge on any atom is -0.382 e. The number of ether oxygens (including phenoxy) is 1. The lowest BCUT2D eigenvalue weighted by Crippen LogP contribution is -2.33. The number of carbonyl (C=O) groups is 2. The van der Waals surface area contributed by atoms with Gasteiger partial charge in [0.2, 0.25) is 0 Å². The number of anilines is 1. The largest absolute Gasteiger partial charge is 0.382 e. The van der Waals surface area contributed by atoms with E-state index in [2.05, 4.69) is 10.6 Å². The summed E-state index contributed by atoms with van der Waals surface area (Å²) in [6.45, 7) is 4.04. The Morgan fingerprint density at radius 1 is 1.06 bits per heavy atom. The molecule has 1 aliphatic heterocycles. The minimum atomic E-state index is -0.331. The van der Waals surface area contributed by atoms with Crippen molar-refractivity contribution in [3.63, 3.8) is 0 Å². The fraction of sp³-hybridized carbons (Fsp3) is 0.259. The summed E-state index contributed by atoms with van der Waals surface area (Å²) in [5.41, 5.74) is 3.64. The van der Waals surface area contributed by atoms with Crippen LogP contribution in [0.25, 0.3) is 0 Å². The van der Waals surface area contributed by atoms with Crippen LogP contribution in [0.1, 0.15) is 51.4 Å². The molecule has 2 amide bonds. The Bertz CT molecular complexity index is 1150. The maximum Gasteiger partial charge on any atom is 0.256 e. The lowest BCUT2D eigenvalue weighted by molar-refractivity contribution is 0.0708. The lowest BCUT2D eigenvalue weighted by Gasteiger charge is -2.27. The molecule has 7 heteroatoms. The Labute approximate surface area is 198 Å². The van der Waals surface area contributed by atoms with Crippen molar-refractivity contribution in [3.8, 4) is 0 Å². The van der Waals surface area contributed by atoms with Crippen LogP contribution in [0.4, 0.5) is 10.1 Å². The second-order valence-electron chi connectivity index (χ2n) is 8.07. The van der Waals surface area contributed by atoms with Crippen LogP contribution in [0, 0.1) is 5.82 Å². The van der Waals surface area contributed by atoms with Crippen LogP contribution in [0.2, 0.25) is 0 Å². The molecule has 0 radical (unpaired) electrons. The van der Waals surface area contributed by atoms with Gasteiger partial charge in [-0.3, -0.25) is 9.59 Å². The van der Waals surface area contributed by atoms with Crippen molar-refractivity contribution in [2.24, 2.45) is 0 Å². The van der Waals surface area contributed by atoms with Gasteiger partial charge in [-0.25, -0.2) is 4.39 Å². The van der Waals surface area contributed by atoms with Gasteiger partial charge in [0, 0.05) is 48.7 Å². The average molecular weight is 462 g/mol. The fourth-order valence-corrected chi connectivity index (χ4v) is 4.03. The predicted octanol–water partition coefficient (Wildman–Crippen LogP) is 4.75. The van der Waals surface area contributed by atoms with Crippen LogP contribution in [0.3, 0.4) is 0 Å². The zero-order chi connectivity index (χ0) is 23.9. The zero-order valence-corrected chi connectivity index (χ0v) is 19.1. The van der Waals surface area contributed by atoms with E-state index in [0.717, 1.165) is 23.2 Å². The highest BCUT2D eigenvalue weighted by atomic mass is 19.1. The molecule has 176 valence electrons. The Morgan fingerprint density at radius 3 is 2.65 bits per heavy atom. The van der Waals surface area contributed by atoms with Crippen molar-refractivity contribution in [1.82, 2.24) is 10.2 Å². The molecule has 6 nitrogen and oxygen atoms in total. The smallest absolute Gasteiger partial charge is 0.256 e. The fourth-order valence-electron chi connectivity index (χ4n) is 4.03. The number of fused-ring (bicyclic) bond motifs is 1. The molecule has 4 rings (SSSR count). The van der Waals surface area contributed by atoms with Crippen LogP contribution in [0.15, 0.2) is 72.8 Å². The molecule has 1 heterocycles. The summed E-state index contributed by atoms with van der Waals surface area (Å²) >= 11 is 0. The van der Waals surface area contributed by atoms with Crippen molar-refractivity contribution >= 4 is 17.5 Å². The van der Waals surface area contributed by atoms with E-state index < -0.39 is 0 Å². The van der Waals surface area contributed by atoms with Crippen LogP contribution < -0.4 is 10.6 Å². The molecule has 3 aromatic rings. The lowest BCUT2D eigenvalue weighted by atomic mass is 10.1. The number of rotatable bonds is 10. The molecule has 34 heavy (non-hydrogen) atoms. The molecule has 1 aliphatic rings. The third-order valence-electron chi connectivity index (χ3n) is 5.74. The third-order valence-corrected chi connectivity index (χ3v) is 5.74. The Kier molecular flexibility index (Phi) is 7.54. The van der Waals surface area contributed by atoms with Crippen molar-refractivity contribution in [1.29, 1.82) is 0 Å². The highest BCUT2D eigenvalue weighted by molar-refractivity contribution is 5.99. The van der Waals surface area contributed by atoms with Gasteiger partial charge >= 0.3 is 0 Å². The SMILES string of the molecule is CCOCCCN1C(=O)c2ccccc2C1Nc1cccc(C(=O)NCc2ccc(F)cc2)c1.